The van der Waals surface area contributed by atoms with Gasteiger partial charge in [0.25, 0.3) is 5.56 Å². The van der Waals surface area contributed by atoms with E-state index in [1.54, 1.807) is 23.6 Å². The Bertz CT molecular complexity index is 952. The second kappa shape index (κ2) is 7.79. The number of allylic oxidation sites excluding steroid dienone is 1. The molecule has 0 unspecified atom stereocenters. The quantitative estimate of drug-likeness (QED) is 0.749. The molecule has 0 aliphatic carbocycles. The first-order valence-corrected chi connectivity index (χ1v) is 8.16. The highest BCUT2D eigenvalue weighted by Gasteiger charge is 2.11. The molecule has 3 aromatic rings. The second-order valence-corrected chi connectivity index (χ2v) is 5.99. The molecule has 0 spiro atoms. The van der Waals surface area contributed by atoms with Gasteiger partial charge in [-0.1, -0.05) is 31.7 Å². The Hall–Kier alpha value is -2.88. The van der Waals surface area contributed by atoms with Crippen molar-refractivity contribution in [2.24, 2.45) is 5.73 Å². The van der Waals surface area contributed by atoms with Crippen LogP contribution >= 0.6 is 0 Å². The van der Waals surface area contributed by atoms with E-state index in [1.165, 1.54) is 12.1 Å². The van der Waals surface area contributed by atoms with Gasteiger partial charge in [0, 0.05) is 11.4 Å². The minimum Gasteiger partial charge on any atom is -0.403 e. The molecule has 0 saturated heterocycles. The lowest BCUT2D eigenvalue weighted by molar-refractivity contribution is 0.627. The maximum Gasteiger partial charge on any atom is 0.263 e. The topological polar surface area (TPSA) is 48.0 Å². The number of halogens is 1. The molecular formula is C21H23FN2O. The van der Waals surface area contributed by atoms with Gasteiger partial charge in [-0.2, -0.15) is 0 Å². The molecule has 130 valence electrons. The van der Waals surface area contributed by atoms with Gasteiger partial charge in [0.15, 0.2) is 0 Å². The summed E-state index contributed by atoms with van der Waals surface area (Å²) in [4.78, 5) is 12.9. The molecule has 2 N–H and O–H groups in total. The van der Waals surface area contributed by atoms with Gasteiger partial charge in [-0.3, -0.25) is 9.36 Å². The average Bonchev–Trinajstić information content (AvgIpc) is 2.55. The van der Waals surface area contributed by atoms with Gasteiger partial charge in [-0.15, -0.1) is 0 Å². The highest BCUT2D eigenvalue weighted by molar-refractivity contribution is 5.85. The third kappa shape index (κ3) is 4.15. The van der Waals surface area contributed by atoms with Crippen molar-refractivity contribution >= 4 is 10.8 Å². The fourth-order valence-corrected chi connectivity index (χ4v) is 2.72. The van der Waals surface area contributed by atoms with Crippen LogP contribution in [0.25, 0.3) is 16.5 Å². The predicted molar refractivity (Wildman–Crippen MR) is 103 cm³/mol. The highest BCUT2D eigenvalue weighted by Crippen LogP contribution is 2.19. The van der Waals surface area contributed by atoms with Crippen LogP contribution in [0.1, 0.15) is 25.1 Å². The number of pyridine rings is 1. The molecule has 0 fully saturated rings. The van der Waals surface area contributed by atoms with Crippen LogP contribution in [0, 0.1) is 12.7 Å². The smallest absolute Gasteiger partial charge is 0.263 e. The van der Waals surface area contributed by atoms with Crippen molar-refractivity contribution in [3.63, 3.8) is 0 Å². The monoisotopic (exact) mass is 338 g/mol. The van der Waals surface area contributed by atoms with Crippen molar-refractivity contribution in [2.75, 3.05) is 0 Å². The minimum absolute atomic E-state index is 0.0472. The Morgan fingerprint density at radius 1 is 1.20 bits per heavy atom. The summed E-state index contributed by atoms with van der Waals surface area (Å²) in [6.07, 6.45) is 0.733. The van der Waals surface area contributed by atoms with Crippen LogP contribution in [0.15, 0.2) is 65.6 Å². The number of aryl methyl sites for hydroxylation is 2. The number of fused-ring (bicyclic) bond motifs is 1. The van der Waals surface area contributed by atoms with Gasteiger partial charge < -0.3 is 5.73 Å². The largest absolute Gasteiger partial charge is 0.403 e. The van der Waals surface area contributed by atoms with E-state index in [1.807, 2.05) is 38.1 Å². The van der Waals surface area contributed by atoms with E-state index in [4.69, 9.17) is 5.73 Å². The Labute approximate surface area is 147 Å². The molecule has 0 amide bonds. The first-order valence-electron chi connectivity index (χ1n) is 8.16. The lowest BCUT2D eigenvalue weighted by Crippen LogP contribution is -2.22. The third-order valence-electron chi connectivity index (χ3n) is 3.78. The SMILES string of the molecule is C=C(C)N.CCc1cc2cccc(C)c2c(=O)n1-c1ccc(F)cc1. The third-order valence-corrected chi connectivity index (χ3v) is 3.78. The van der Waals surface area contributed by atoms with Crippen LogP contribution in [0.4, 0.5) is 4.39 Å². The molecule has 1 aromatic heterocycles. The maximum absolute atomic E-state index is 13.1. The van der Waals surface area contributed by atoms with Crippen molar-refractivity contribution < 1.29 is 4.39 Å². The number of hydrogen-bond acceptors (Lipinski definition) is 2. The number of hydrogen-bond donors (Lipinski definition) is 1. The molecule has 25 heavy (non-hydrogen) atoms. The predicted octanol–water partition coefficient (Wildman–Crippen LogP) is 4.48. The highest BCUT2D eigenvalue weighted by atomic mass is 19.1. The Morgan fingerprint density at radius 2 is 1.80 bits per heavy atom. The number of benzene rings is 2. The van der Waals surface area contributed by atoms with Crippen LogP contribution in [0.5, 0.6) is 0 Å². The Balaban J connectivity index is 0.000000511. The molecule has 3 nitrogen and oxygen atoms in total. The van der Waals surface area contributed by atoms with E-state index < -0.39 is 0 Å². The van der Waals surface area contributed by atoms with Crippen molar-refractivity contribution in [1.82, 2.24) is 4.57 Å². The van der Waals surface area contributed by atoms with Gasteiger partial charge in [0.1, 0.15) is 5.82 Å². The summed E-state index contributed by atoms with van der Waals surface area (Å²) in [5, 5.41) is 1.68. The number of nitrogens with zero attached hydrogens (tertiary/aromatic N) is 1. The molecule has 0 saturated carbocycles. The molecule has 0 bridgehead atoms. The lowest BCUT2D eigenvalue weighted by Gasteiger charge is -2.14. The van der Waals surface area contributed by atoms with E-state index in [0.29, 0.717) is 11.4 Å². The molecule has 0 aliphatic rings. The number of rotatable bonds is 2. The molecule has 1 heterocycles. The van der Waals surface area contributed by atoms with Crippen LogP contribution in [0.3, 0.4) is 0 Å². The normalized spacial score (nSPS) is 10.2. The lowest BCUT2D eigenvalue weighted by atomic mass is 10.1. The summed E-state index contributed by atoms with van der Waals surface area (Å²) in [6, 6.07) is 13.9. The van der Waals surface area contributed by atoms with Gasteiger partial charge >= 0.3 is 0 Å². The molecule has 0 radical (unpaired) electrons. The summed E-state index contributed by atoms with van der Waals surface area (Å²) in [6.45, 7) is 9.03. The van der Waals surface area contributed by atoms with Crippen LogP contribution in [-0.4, -0.2) is 4.57 Å². The summed E-state index contributed by atoms with van der Waals surface area (Å²) in [7, 11) is 0. The maximum atomic E-state index is 13.1. The standard InChI is InChI=1S/C18H16FNO.C3H7N/c1-3-15-11-13-6-4-5-12(2)17(13)18(21)20(15)16-9-7-14(19)8-10-16;1-3(2)4/h4-11H,3H2,1-2H3;1,4H2,2H3. The van der Waals surface area contributed by atoms with Gasteiger partial charge in [0.2, 0.25) is 0 Å². The van der Waals surface area contributed by atoms with Crippen LogP contribution < -0.4 is 11.3 Å². The molecule has 0 atom stereocenters. The van der Waals surface area contributed by atoms with Crippen LogP contribution in [0.2, 0.25) is 0 Å². The van der Waals surface area contributed by atoms with Crippen molar-refractivity contribution in [3.05, 3.63) is 88.2 Å². The van der Waals surface area contributed by atoms with Gasteiger partial charge in [-0.25, -0.2) is 4.39 Å². The summed E-state index contributed by atoms with van der Waals surface area (Å²) < 4.78 is 14.8. The van der Waals surface area contributed by atoms with Crippen molar-refractivity contribution in [3.8, 4) is 5.69 Å². The summed E-state index contributed by atoms with van der Waals surface area (Å²) in [5.74, 6) is -0.304. The van der Waals surface area contributed by atoms with E-state index in [-0.39, 0.29) is 11.4 Å². The van der Waals surface area contributed by atoms with E-state index in [0.717, 1.165) is 28.5 Å². The number of aromatic nitrogens is 1. The fraction of sp³-hybridized carbons (Fsp3) is 0.190. The second-order valence-electron chi connectivity index (χ2n) is 5.99. The molecular weight excluding hydrogens is 315 g/mol. The Kier molecular flexibility index (Phi) is 5.75. The van der Waals surface area contributed by atoms with Gasteiger partial charge in [0.05, 0.1) is 5.39 Å². The average molecular weight is 338 g/mol. The van der Waals surface area contributed by atoms with E-state index in [2.05, 4.69) is 6.58 Å². The van der Waals surface area contributed by atoms with E-state index in [9.17, 15) is 9.18 Å². The summed E-state index contributed by atoms with van der Waals surface area (Å²) >= 11 is 0. The van der Waals surface area contributed by atoms with Crippen LogP contribution in [-0.2, 0) is 6.42 Å². The molecule has 4 heteroatoms. The zero-order valence-electron chi connectivity index (χ0n) is 14.8. The first-order chi connectivity index (χ1) is 11.8. The minimum atomic E-state index is -0.304. The zero-order valence-corrected chi connectivity index (χ0v) is 14.8. The molecule has 0 aliphatic heterocycles. The first kappa shape index (κ1) is 18.5. The van der Waals surface area contributed by atoms with Crippen molar-refractivity contribution in [1.29, 1.82) is 0 Å². The van der Waals surface area contributed by atoms with E-state index >= 15 is 0 Å². The fourth-order valence-electron chi connectivity index (χ4n) is 2.72. The zero-order chi connectivity index (χ0) is 18.6. The van der Waals surface area contributed by atoms with Crippen molar-refractivity contribution in [2.45, 2.75) is 27.2 Å². The van der Waals surface area contributed by atoms with Gasteiger partial charge in [-0.05, 0) is 67.2 Å². The molecule has 2 aromatic carbocycles. The summed E-state index contributed by atoms with van der Waals surface area (Å²) in [5.41, 5.74) is 8.11. The number of nitrogens with two attached hydrogens (primary N) is 1. The molecule has 3 rings (SSSR count). The Morgan fingerprint density at radius 3 is 2.36 bits per heavy atom.